The Labute approximate surface area is 104 Å². The Morgan fingerprint density at radius 1 is 1.44 bits per heavy atom. The third kappa shape index (κ3) is 0.998. The van der Waals surface area contributed by atoms with Crippen LogP contribution in [-0.2, 0) is 14.3 Å². The number of esters is 1. The Morgan fingerprint density at radius 3 is 2.44 bits per heavy atom. The molecule has 0 aromatic carbocycles. The summed E-state index contributed by atoms with van der Waals surface area (Å²) >= 11 is 3.46. The Hall–Kier alpha value is -0.380. The van der Waals surface area contributed by atoms with E-state index in [9.17, 15) is 9.59 Å². The van der Waals surface area contributed by atoms with Gasteiger partial charge in [-0.25, -0.2) is 0 Å². The zero-order chi connectivity index (χ0) is 12.2. The highest BCUT2D eigenvalue weighted by molar-refractivity contribution is 9.09. The molecule has 3 nitrogen and oxygen atoms in total. The number of halogens is 1. The van der Waals surface area contributed by atoms with Gasteiger partial charge in [-0.2, -0.15) is 0 Å². The summed E-state index contributed by atoms with van der Waals surface area (Å²) in [6, 6.07) is 0. The van der Waals surface area contributed by atoms with Crippen molar-refractivity contribution in [3.05, 3.63) is 0 Å². The SMILES string of the molecule is COC(=O)C12CCC(CBr)(C(=O)C1)C2(C)C. The first-order valence-corrected chi connectivity index (χ1v) is 6.68. The van der Waals surface area contributed by atoms with Gasteiger partial charge < -0.3 is 4.74 Å². The first kappa shape index (κ1) is 12.1. The molecule has 0 amide bonds. The monoisotopic (exact) mass is 288 g/mol. The zero-order valence-corrected chi connectivity index (χ0v) is 11.5. The van der Waals surface area contributed by atoms with Crippen molar-refractivity contribution in [3.8, 4) is 0 Å². The summed E-state index contributed by atoms with van der Waals surface area (Å²) in [6.07, 6.45) is 1.90. The van der Waals surface area contributed by atoms with Crippen LogP contribution in [0, 0.1) is 16.2 Å². The molecule has 0 radical (unpaired) electrons. The molecule has 2 fully saturated rings. The lowest BCUT2D eigenvalue weighted by Gasteiger charge is -2.38. The van der Waals surface area contributed by atoms with Gasteiger partial charge in [-0.1, -0.05) is 29.8 Å². The summed E-state index contributed by atoms with van der Waals surface area (Å²) in [6.45, 7) is 4.06. The van der Waals surface area contributed by atoms with Gasteiger partial charge in [-0.15, -0.1) is 0 Å². The molecular weight excluding hydrogens is 272 g/mol. The van der Waals surface area contributed by atoms with Gasteiger partial charge in [0.2, 0.25) is 0 Å². The van der Waals surface area contributed by atoms with E-state index in [2.05, 4.69) is 15.9 Å². The maximum absolute atomic E-state index is 12.2. The molecule has 2 bridgehead atoms. The third-order valence-corrected chi connectivity index (χ3v) is 6.13. The topological polar surface area (TPSA) is 43.4 Å². The van der Waals surface area contributed by atoms with E-state index in [1.807, 2.05) is 13.8 Å². The largest absolute Gasteiger partial charge is 0.469 e. The number of Topliss-reactive ketones (excluding diaryl/α,β-unsaturated/α-hetero) is 1. The molecule has 0 N–H and O–H groups in total. The van der Waals surface area contributed by atoms with Gasteiger partial charge in [0, 0.05) is 17.2 Å². The number of hydrogen-bond acceptors (Lipinski definition) is 3. The molecule has 0 saturated heterocycles. The van der Waals surface area contributed by atoms with Crippen molar-refractivity contribution in [2.75, 3.05) is 12.4 Å². The van der Waals surface area contributed by atoms with Crippen molar-refractivity contribution >= 4 is 27.7 Å². The molecule has 16 heavy (non-hydrogen) atoms. The van der Waals surface area contributed by atoms with Gasteiger partial charge in [0.15, 0.2) is 0 Å². The van der Waals surface area contributed by atoms with Crippen LogP contribution in [0.4, 0.5) is 0 Å². The van der Waals surface area contributed by atoms with Crippen LogP contribution in [0.15, 0.2) is 0 Å². The molecule has 0 aromatic rings. The van der Waals surface area contributed by atoms with Crippen molar-refractivity contribution < 1.29 is 14.3 Å². The molecule has 0 aliphatic heterocycles. The van der Waals surface area contributed by atoms with E-state index in [0.29, 0.717) is 11.8 Å². The number of ketones is 1. The second kappa shape index (κ2) is 3.31. The predicted octanol–water partition coefficient (Wildman–Crippen LogP) is 2.32. The lowest BCUT2D eigenvalue weighted by molar-refractivity contribution is -0.158. The number of ether oxygens (including phenoxy) is 1. The number of carbonyl (C=O) groups is 2. The van der Waals surface area contributed by atoms with Crippen LogP contribution in [0.3, 0.4) is 0 Å². The maximum Gasteiger partial charge on any atom is 0.312 e. The highest BCUT2D eigenvalue weighted by Gasteiger charge is 2.74. The van der Waals surface area contributed by atoms with Crippen molar-refractivity contribution in [2.24, 2.45) is 16.2 Å². The number of rotatable bonds is 2. The Balaban J connectivity index is 2.54. The van der Waals surface area contributed by atoms with Gasteiger partial charge in [-0.05, 0) is 18.3 Å². The third-order valence-electron chi connectivity index (χ3n) is 5.17. The van der Waals surface area contributed by atoms with Gasteiger partial charge in [0.1, 0.15) is 5.78 Å². The normalized spacial score (nSPS) is 40.1. The predicted molar refractivity (Wildman–Crippen MR) is 63.3 cm³/mol. The average Bonchev–Trinajstić information content (AvgIpc) is 2.58. The summed E-state index contributed by atoms with van der Waals surface area (Å²) < 4.78 is 4.92. The lowest BCUT2D eigenvalue weighted by atomic mass is 9.65. The highest BCUT2D eigenvalue weighted by atomic mass is 79.9. The smallest absolute Gasteiger partial charge is 0.312 e. The van der Waals surface area contributed by atoms with Gasteiger partial charge >= 0.3 is 5.97 Å². The average molecular weight is 289 g/mol. The van der Waals surface area contributed by atoms with E-state index < -0.39 is 5.41 Å². The van der Waals surface area contributed by atoms with Crippen LogP contribution in [0.2, 0.25) is 0 Å². The minimum Gasteiger partial charge on any atom is -0.469 e. The van der Waals surface area contributed by atoms with Crippen molar-refractivity contribution in [1.82, 2.24) is 0 Å². The molecule has 0 spiro atoms. The van der Waals surface area contributed by atoms with E-state index in [0.717, 1.165) is 12.8 Å². The summed E-state index contributed by atoms with van der Waals surface area (Å²) in [5, 5.41) is 0.643. The molecule has 2 atom stereocenters. The van der Waals surface area contributed by atoms with Crippen molar-refractivity contribution in [1.29, 1.82) is 0 Å². The van der Waals surface area contributed by atoms with Crippen molar-refractivity contribution in [3.63, 3.8) is 0 Å². The molecular formula is C12H17BrO3. The van der Waals surface area contributed by atoms with Crippen LogP contribution in [-0.4, -0.2) is 24.2 Å². The van der Waals surface area contributed by atoms with Gasteiger partial charge in [0.05, 0.1) is 12.5 Å². The maximum atomic E-state index is 12.2. The summed E-state index contributed by atoms with van der Waals surface area (Å²) in [7, 11) is 1.41. The molecule has 2 saturated carbocycles. The summed E-state index contributed by atoms with van der Waals surface area (Å²) in [5.74, 6) is -0.00259. The van der Waals surface area contributed by atoms with Crippen LogP contribution in [0.5, 0.6) is 0 Å². The fraction of sp³-hybridized carbons (Fsp3) is 0.833. The molecule has 0 aromatic heterocycles. The molecule has 2 rings (SSSR count). The lowest BCUT2D eigenvalue weighted by Crippen LogP contribution is -2.43. The summed E-state index contributed by atoms with van der Waals surface area (Å²) in [5.41, 5.74) is -1.28. The van der Waals surface area contributed by atoms with E-state index in [1.165, 1.54) is 7.11 Å². The second-order valence-electron chi connectivity index (χ2n) is 5.51. The Kier molecular flexibility index (Phi) is 2.50. The molecule has 2 aliphatic carbocycles. The van der Waals surface area contributed by atoms with Gasteiger partial charge in [-0.3, -0.25) is 9.59 Å². The quantitative estimate of drug-likeness (QED) is 0.579. The minimum absolute atomic E-state index is 0.214. The van der Waals surface area contributed by atoms with E-state index in [-0.39, 0.29) is 22.6 Å². The van der Waals surface area contributed by atoms with Crippen LogP contribution in [0.25, 0.3) is 0 Å². The summed E-state index contributed by atoms with van der Waals surface area (Å²) in [4.78, 5) is 24.2. The van der Waals surface area contributed by atoms with E-state index >= 15 is 0 Å². The zero-order valence-electron chi connectivity index (χ0n) is 9.93. The fourth-order valence-electron chi connectivity index (χ4n) is 3.68. The first-order valence-electron chi connectivity index (χ1n) is 5.56. The van der Waals surface area contributed by atoms with Gasteiger partial charge in [0.25, 0.3) is 0 Å². The fourth-order valence-corrected chi connectivity index (χ4v) is 4.98. The molecule has 2 unspecified atom stereocenters. The number of hydrogen-bond donors (Lipinski definition) is 0. The number of carbonyl (C=O) groups excluding carboxylic acids is 2. The van der Waals surface area contributed by atoms with Crippen molar-refractivity contribution in [2.45, 2.75) is 33.1 Å². The first-order chi connectivity index (χ1) is 7.38. The minimum atomic E-state index is -0.591. The molecule has 0 heterocycles. The van der Waals surface area contributed by atoms with Crippen LogP contribution in [0.1, 0.15) is 33.1 Å². The Morgan fingerprint density at radius 2 is 2.06 bits per heavy atom. The Bertz CT molecular complexity index is 361. The second-order valence-corrected chi connectivity index (χ2v) is 6.08. The van der Waals surface area contributed by atoms with Crippen LogP contribution >= 0.6 is 15.9 Å². The number of fused-ring (bicyclic) bond motifs is 2. The number of alkyl halides is 1. The highest BCUT2D eigenvalue weighted by Crippen LogP contribution is 2.71. The molecule has 4 heteroatoms. The molecule has 2 aliphatic rings. The van der Waals surface area contributed by atoms with E-state index in [4.69, 9.17) is 4.74 Å². The molecule has 90 valence electrons. The standard InChI is InChI=1S/C12H17BrO3/c1-10(2)11(9(15)16-3)4-5-12(10,7-13)8(14)6-11/h4-7H2,1-3H3. The van der Waals surface area contributed by atoms with Crippen LogP contribution < -0.4 is 0 Å². The van der Waals surface area contributed by atoms with E-state index in [1.54, 1.807) is 0 Å². The number of methoxy groups -OCH3 is 1.